The molecule has 1 atom stereocenters. The third-order valence-corrected chi connectivity index (χ3v) is 6.28. The number of thioether (sulfide) groups is 2. The van der Waals surface area contributed by atoms with Crippen molar-refractivity contribution < 1.29 is 4.79 Å². The molecule has 0 aromatic carbocycles. The molecular formula is C13H22N2OS3. The van der Waals surface area contributed by atoms with E-state index in [1.807, 2.05) is 16.7 Å². The molecule has 1 amide bonds. The van der Waals surface area contributed by atoms with Gasteiger partial charge in [0, 0.05) is 18.2 Å². The smallest absolute Gasteiger partial charge is 0.221 e. The van der Waals surface area contributed by atoms with Gasteiger partial charge in [-0.2, -0.15) is 0 Å². The van der Waals surface area contributed by atoms with Gasteiger partial charge in [-0.25, -0.2) is 0 Å². The van der Waals surface area contributed by atoms with Crippen LogP contribution < -0.4 is 5.32 Å². The van der Waals surface area contributed by atoms with Crippen LogP contribution in [0.15, 0.2) is 12.7 Å². The van der Waals surface area contributed by atoms with Gasteiger partial charge in [0.1, 0.15) is 9.69 Å². The Morgan fingerprint density at radius 2 is 2.11 bits per heavy atom. The number of nitrogens with zero attached hydrogens (tertiary/aromatic N) is 1. The van der Waals surface area contributed by atoms with E-state index < -0.39 is 0 Å². The Balaban J connectivity index is 2.91. The van der Waals surface area contributed by atoms with Gasteiger partial charge >= 0.3 is 0 Å². The number of hydrogen-bond acceptors (Lipinski definition) is 4. The summed E-state index contributed by atoms with van der Waals surface area (Å²) < 4.78 is 0.669. The molecule has 1 unspecified atom stereocenters. The quantitative estimate of drug-likeness (QED) is 0.638. The summed E-state index contributed by atoms with van der Waals surface area (Å²) in [5.41, 5.74) is 0. The Bertz CT molecular complexity index is 393. The predicted molar refractivity (Wildman–Crippen MR) is 90.4 cm³/mol. The first-order valence-corrected chi connectivity index (χ1v) is 8.27. The normalized spacial score (nSPS) is 24.1. The number of thiocarbonyl (C=S) groups is 1. The first-order valence-electron chi connectivity index (χ1n) is 6.17. The monoisotopic (exact) mass is 318 g/mol. The van der Waals surface area contributed by atoms with Crippen molar-refractivity contribution in [1.29, 1.82) is 0 Å². The maximum atomic E-state index is 12.0. The van der Waals surface area contributed by atoms with E-state index in [0.717, 1.165) is 0 Å². The number of hydrogen-bond donors (Lipinski definition) is 1. The lowest BCUT2D eigenvalue weighted by Crippen LogP contribution is -2.47. The Morgan fingerprint density at radius 3 is 2.58 bits per heavy atom. The number of carbonyl (C=O) groups is 1. The Hall–Kier alpha value is -0.200. The van der Waals surface area contributed by atoms with Crippen molar-refractivity contribution >= 4 is 46.0 Å². The van der Waals surface area contributed by atoms with E-state index >= 15 is 0 Å². The molecule has 0 bridgehead atoms. The van der Waals surface area contributed by atoms with Gasteiger partial charge in [0.2, 0.25) is 5.91 Å². The fourth-order valence-corrected chi connectivity index (χ4v) is 6.08. The van der Waals surface area contributed by atoms with Crippen LogP contribution in [0, 0.1) is 0 Å². The summed E-state index contributed by atoms with van der Waals surface area (Å²) in [7, 11) is 0. The highest BCUT2D eigenvalue weighted by molar-refractivity contribution is 8.24. The molecule has 6 heteroatoms. The largest absolute Gasteiger partial charge is 0.367 e. The highest BCUT2D eigenvalue weighted by Gasteiger charge is 2.53. The van der Waals surface area contributed by atoms with Crippen LogP contribution in [-0.4, -0.2) is 36.7 Å². The van der Waals surface area contributed by atoms with Crippen molar-refractivity contribution in [2.45, 2.75) is 49.6 Å². The molecule has 3 nitrogen and oxygen atoms in total. The molecule has 0 radical (unpaired) electrons. The van der Waals surface area contributed by atoms with Crippen LogP contribution in [0.25, 0.3) is 0 Å². The maximum Gasteiger partial charge on any atom is 0.221 e. The molecule has 1 aliphatic rings. The summed E-state index contributed by atoms with van der Waals surface area (Å²) in [6.07, 6.45) is 1.77. The molecule has 0 saturated carbocycles. The number of amides is 1. The molecule has 1 heterocycles. The molecule has 0 aromatic rings. The molecule has 1 saturated heterocycles. The molecule has 1 rings (SSSR count). The zero-order valence-corrected chi connectivity index (χ0v) is 14.6. The Kier molecular flexibility index (Phi) is 5.37. The predicted octanol–water partition coefficient (Wildman–Crippen LogP) is 3.22. The van der Waals surface area contributed by atoms with E-state index in [0.29, 0.717) is 10.9 Å². The second-order valence-electron chi connectivity index (χ2n) is 5.47. The first-order chi connectivity index (χ1) is 8.62. The molecule has 1 aliphatic heterocycles. The van der Waals surface area contributed by atoms with Crippen molar-refractivity contribution in [3.63, 3.8) is 0 Å². The molecular weight excluding hydrogens is 296 g/mol. The Labute approximate surface area is 129 Å². The summed E-state index contributed by atoms with van der Waals surface area (Å²) >= 11 is 8.69. The van der Waals surface area contributed by atoms with E-state index in [2.05, 4.69) is 39.6 Å². The molecule has 19 heavy (non-hydrogen) atoms. The first kappa shape index (κ1) is 16.9. The number of nitrogens with one attached hydrogen (secondary N) is 1. The third kappa shape index (κ3) is 3.89. The third-order valence-electron chi connectivity index (χ3n) is 2.87. The zero-order chi connectivity index (χ0) is 14.8. The molecule has 108 valence electrons. The SMILES string of the molecule is C=CCNC(=S)SC1N(C(C)=O)C(C)(C)SC1(C)C. The molecule has 0 spiro atoms. The molecule has 1 N–H and O–H groups in total. The van der Waals surface area contributed by atoms with Gasteiger partial charge in [-0.1, -0.05) is 30.1 Å². The van der Waals surface area contributed by atoms with E-state index in [-0.39, 0.29) is 20.9 Å². The summed E-state index contributed by atoms with van der Waals surface area (Å²) in [5.74, 6) is 0.0899. The zero-order valence-electron chi connectivity index (χ0n) is 12.1. The van der Waals surface area contributed by atoms with E-state index in [1.54, 1.807) is 24.8 Å². The van der Waals surface area contributed by atoms with Gasteiger partial charge in [-0.05, 0) is 27.7 Å². The van der Waals surface area contributed by atoms with E-state index in [9.17, 15) is 4.79 Å². The van der Waals surface area contributed by atoms with Crippen LogP contribution in [0.5, 0.6) is 0 Å². The van der Waals surface area contributed by atoms with Crippen LogP contribution in [0.1, 0.15) is 34.6 Å². The minimum Gasteiger partial charge on any atom is -0.367 e. The number of carbonyl (C=O) groups excluding carboxylic acids is 1. The highest BCUT2D eigenvalue weighted by atomic mass is 32.2. The van der Waals surface area contributed by atoms with E-state index in [1.165, 1.54) is 0 Å². The van der Waals surface area contributed by atoms with Gasteiger partial charge in [0.15, 0.2) is 0 Å². The average Bonchev–Trinajstić information content (AvgIpc) is 2.40. The highest BCUT2D eigenvalue weighted by Crippen LogP contribution is 2.54. The molecule has 0 aromatic heterocycles. The van der Waals surface area contributed by atoms with E-state index in [4.69, 9.17) is 12.2 Å². The van der Waals surface area contributed by atoms with Crippen LogP contribution in [-0.2, 0) is 4.79 Å². The second-order valence-corrected chi connectivity index (χ2v) is 9.48. The van der Waals surface area contributed by atoms with Crippen molar-refractivity contribution in [1.82, 2.24) is 10.2 Å². The molecule has 1 fully saturated rings. The van der Waals surface area contributed by atoms with Crippen molar-refractivity contribution in [2.24, 2.45) is 0 Å². The topological polar surface area (TPSA) is 32.3 Å². The van der Waals surface area contributed by atoms with Gasteiger partial charge in [-0.15, -0.1) is 18.3 Å². The van der Waals surface area contributed by atoms with Gasteiger partial charge < -0.3 is 10.2 Å². The van der Waals surface area contributed by atoms with Crippen molar-refractivity contribution in [3.05, 3.63) is 12.7 Å². The minimum absolute atomic E-state index is 0.0369. The van der Waals surface area contributed by atoms with Crippen molar-refractivity contribution in [3.8, 4) is 0 Å². The fourth-order valence-electron chi connectivity index (χ4n) is 2.37. The van der Waals surface area contributed by atoms with Crippen molar-refractivity contribution in [2.75, 3.05) is 6.54 Å². The van der Waals surface area contributed by atoms with Gasteiger partial charge in [0.25, 0.3) is 0 Å². The lowest BCUT2D eigenvalue weighted by atomic mass is 10.1. The average molecular weight is 319 g/mol. The van der Waals surface area contributed by atoms with Gasteiger partial charge in [-0.3, -0.25) is 4.79 Å². The van der Waals surface area contributed by atoms with Crippen LogP contribution >= 0.6 is 35.7 Å². The Morgan fingerprint density at radius 1 is 1.53 bits per heavy atom. The molecule has 0 aliphatic carbocycles. The number of rotatable bonds is 3. The fraction of sp³-hybridized carbons (Fsp3) is 0.692. The van der Waals surface area contributed by atoms with Crippen LogP contribution in [0.2, 0.25) is 0 Å². The summed E-state index contributed by atoms with van der Waals surface area (Å²) in [6.45, 7) is 14.4. The lowest BCUT2D eigenvalue weighted by molar-refractivity contribution is -0.131. The maximum absolute atomic E-state index is 12.0. The standard InChI is InChI=1S/C13H22N2OS3/c1-7-8-14-11(17)18-10-12(3,4)19-13(5,6)15(10)9(2)16/h7,10H,1,8H2,2-6H3,(H,14,17). The van der Waals surface area contributed by atoms with Crippen LogP contribution in [0.3, 0.4) is 0 Å². The minimum atomic E-state index is -0.207. The second kappa shape index (κ2) is 6.06. The van der Waals surface area contributed by atoms with Gasteiger partial charge in [0.05, 0.1) is 4.87 Å². The van der Waals surface area contributed by atoms with Crippen LogP contribution in [0.4, 0.5) is 0 Å². The summed E-state index contributed by atoms with van der Waals surface area (Å²) in [4.78, 5) is 13.7. The summed E-state index contributed by atoms with van der Waals surface area (Å²) in [6, 6.07) is 0. The summed E-state index contributed by atoms with van der Waals surface area (Å²) in [5, 5.41) is 3.15. The lowest BCUT2D eigenvalue weighted by Gasteiger charge is -2.34.